The number of carbonyl (C=O) groups excluding carboxylic acids is 2. The molecule has 0 spiro atoms. The third-order valence-electron chi connectivity index (χ3n) is 9.45. The number of nitrogens with two attached hydrogens (primary N) is 1. The summed E-state index contributed by atoms with van der Waals surface area (Å²) in [6.45, 7) is 2.11. The van der Waals surface area contributed by atoms with E-state index < -0.39 is 0 Å². The average molecular weight is 638 g/mol. The monoisotopic (exact) mass is 637 g/mol. The van der Waals surface area contributed by atoms with Crippen molar-refractivity contribution in [3.05, 3.63) is 107 Å². The fraction of sp³-hybridized carbons (Fsp3) is 0.405. The topological polar surface area (TPSA) is 139 Å². The van der Waals surface area contributed by atoms with Gasteiger partial charge in [0.2, 0.25) is 0 Å². The molecule has 0 bridgehead atoms. The SMILES string of the molecule is CCOC(=O)c1cnc(CC2(c3ccc(OC)cc3)CCC2)nc1.COc1ccc(C2(Cc3ncc(C(=O)CN)cn3)CCC2)cc1. The Morgan fingerprint density at radius 3 is 1.40 bits per heavy atom. The number of nitrogens with zero attached hydrogens (tertiary/aromatic N) is 4. The van der Waals surface area contributed by atoms with E-state index in [0.29, 0.717) is 17.7 Å². The summed E-state index contributed by atoms with van der Waals surface area (Å²) < 4.78 is 15.4. The molecule has 2 fully saturated rings. The molecule has 2 N–H and O–H groups in total. The number of rotatable bonds is 12. The Hall–Kier alpha value is -4.70. The molecule has 0 atom stereocenters. The highest BCUT2D eigenvalue weighted by Gasteiger charge is 2.40. The summed E-state index contributed by atoms with van der Waals surface area (Å²) in [6, 6.07) is 16.5. The van der Waals surface area contributed by atoms with Crippen molar-refractivity contribution in [1.82, 2.24) is 19.9 Å². The van der Waals surface area contributed by atoms with Gasteiger partial charge in [0.1, 0.15) is 23.1 Å². The van der Waals surface area contributed by atoms with Crippen molar-refractivity contribution in [2.75, 3.05) is 27.4 Å². The quantitative estimate of drug-likeness (QED) is 0.154. The first kappa shape index (κ1) is 33.7. The van der Waals surface area contributed by atoms with Crippen molar-refractivity contribution in [3.8, 4) is 11.5 Å². The van der Waals surface area contributed by atoms with Gasteiger partial charge in [-0.3, -0.25) is 4.79 Å². The van der Waals surface area contributed by atoms with E-state index in [2.05, 4.69) is 44.2 Å². The molecule has 0 aliphatic heterocycles. The maximum atomic E-state index is 11.7. The van der Waals surface area contributed by atoms with Gasteiger partial charge in [0.15, 0.2) is 5.78 Å². The number of esters is 1. The number of Topliss-reactive ketones (excluding diaryl/α,β-unsaturated/α-hetero) is 1. The van der Waals surface area contributed by atoms with Gasteiger partial charge in [-0.25, -0.2) is 24.7 Å². The van der Waals surface area contributed by atoms with Crippen molar-refractivity contribution < 1.29 is 23.8 Å². The van der Waals surface area contributed by atoms with E-state index in [1.807, 2.05) is 24.3 Å². The van der Waals surface area contributed by atoms with E-state index in [-0.39, 0.29) is 29.1 Å². The van der Waals surface area contributed by atoms with Crippen LogP contribution in [0.2, 0.25) is 0 Å². The Balaban J connectivity index is 0.000000185. The highest BCUT2D eigenvalue weighted by Crippen LogP contribution is 2.47. The third kappa shape index (κ3) is 7.82. The predicted molar refractivity (Wildman–Crippen MR) is 178 cm³/mol. The summed E-state index contributed by atoms with van der Waals surface area (Å²) in [6.07, 6.45) is 14.8. The lowest BCUT2D eigenvalue weighted by Gasteiger charge is -2.42. The van der Waals surface area contributed by atoms with Crippen LogP contribution < -0.4 is 15.2 Å². The van der Waals surface area contributed by atoms with Crippen LogP contribution in [0.3, 0.4) is 0 Å². The van der Waals surface area contributed by atoms with Crippen molar-refractivity contribution in [2.45, 2.75) is 69.1 Å². The van der Waals surface area contributed by atoms with Gasteiger partial charge in [0.25, 0.3) is 0 Å². The zero-order chi connectivity index (χ0) is 33.3. The molecule has 2 aliphatic rings. The van der Waals surface area contributed by atoms with E-state index in [4.69, 9.17) is 19.9 Å². The standard InChI is InChI=1S/C19H22N2O3.C18H21N3O2/c1-3-24-18(22)14-12-20-17(21-13-14)11-19(9-4-10-19)15-5-7-16(23-2)8-6-15;1-23-15-5-3-14(4-6-15)18(7-2-8-18)9-17-20-11-13(12-21-17)16(22)10-19/h5-8,12-13H,3-4,9-11H2,1-2H3;3-6,11-12H,2,7-10,19H2,1H3. The molecular weight excluding hydrogens is 594 g/mol. The molecule has 4 aromatic rings. The highest BCUT2D eigenvalue weighted by atomic mass is 16.5. The smallest absolute Gasteiger partial charge is 0.341 e. The Kier molecular flexibility index (Phi) is 10.9. The molecule has 0 saturated heterocycles. The van der Waals surface area contributed by atoms with Crippen molar-refractivity contribution in [1.29, 1.82) is 0 Å². The van der Waals surface area contributed by atoms with Gasteiger partial charge in [-0.1, -0.05) is 37.1 Å². The molecular formula is C37H43N5O5. The molecule has 6 rings (SSSR count). The number of hydrogen-bond acceptors (Lipinski definition) is 10. The molecule has 10 heteroatoms. The van der Waals surface area contributed by atoms with Crippen molar-refractivity contribution in [2.24, 2.45) is 5.73 Å². The van der Waals surface area contributed by atoms with E-state index in [9.17, 15) is 9.59 Å². The first-order valence-electron chi connectivity index (χ1n) is 16.1. The van der Waals surface area contributed by atoms with Crippen LogP contribution in [0.4, 0.5) is 0 Å². The summed E-state index contributed by atoms with van der Waals surface area (Å²) in [5.74, 6) is 2.75. The molecule has 2 aromatic heterocycles. The van der Waals surface area contributed by atoms with E-state index in [1.165, 1.54) is 24.0 Å². The van der Waals surface area contributed by atoms with Crippen molar-refractivity contribution in [3.63, 3.8) is 0 Å². The predicted octanol–water partition coefficient (Wildman–Crippen LogP) is 5.62. The fourth-order valence-electron chi connectivity index (χ4n) is 6.31. The summed E-state index contributed by atoms with van der Waals surface area (Å²) in [7, 11) is 3.35. The molecule has 2 saturated carbocycles. The second-order valence-electron chi connectivity index (χ2n) is 12.2. The minimum absolute atomic E-state index is 0.0154. The lowest BCUT2D eigenvalue weighted by molar-refractivity contribution is 0.0525. The molecule has 0 unspecified atom stereocenters. The molecule has 2 aliphatic carbocycles. The Bertz CT molecular complexity index is 1620. The number of methoxy groups -OCH3 is 2. The van der Waals surface area contributed by atoms with Gasteiger partial charge < -0.3 is 19.9 Å². The largest absolute Gasteiger partial charge is 0.497 e. The summed E-state index contributed by atoms with van der Waals surface area (Å²) in [4.78, 5) is 40.7. The Labute approximate surface area is 276 Å². The number of benzene rings is 2. The molecule has 2 aromatic carbocycles. The Morgan fingerprint density at radius 1 is 0.681 bits per heavy atom. The zero-order valence-electron chi connectivity index (χ0n) is 27.4. The maximum Gasteiger partial charge on any atom is 0.341 e. The normalized spacial score (nSPS) is 15.6. The minimum Gasteiger partial charge on any atom is -0.497 e. The van der Waals surface area contributed by atoms with Crippen LogP contribution in [0, 0.1) is 0 Å². The first-order valence-corrected chi connectivity index (χ1v) is 16.1. The van der Waals surface area contributed by atoms with Crippen LogP contribution in [0.25, 0.3) is 0 Å². The molecule has 10 nitrogen and oxygen atoms in total. The van der Waals surface area contributed by atoms with E-state index >= 15 is 0 Å². The van der Waals surface area contributed by atoms with Gasteiger partial charge in [-0.15, -0.1) is 0 Å². The summed E-state index contributed by atoms with van der Waals surface area (Å²) in [5, 5.41) is 0. The second-order valence-corrected chi connectivity index (χ2v) is 12.2. The lowest BCUT2D eigenvalue weighted by atomic mass is 9.62. The number of ketones is 1. The van der Waals surface area contributed by atoms with Gasteiger partial charge in [0, 0.05) is 48.5 Å². The van der Waals surface area contributed by atoms with Gasteiger partial charge in [-0.2, -0.15) is 0 Å². The summed E-state index contributed by atoms with van der Waals surface area (Å²) in [5.41, 5.74) is 9.03. The third-order valence-corrected chi connectivity index (χ3v) is 9.45. The molecule has 0 amide bonds. The van der Waals surface area contributed by atoms with Crippen LogP contribution in [0.5, 0.6) is 11.5 Å². The van der Waals surface area contributed by atoms with Crippen LogP contribution in [0.15, 0.2) is 73.3 Å². The average Bonchev–Trinajstić information content (AvgIpc) is 3.09. The van der Waals surface area contributed by atoms with Crippen LogP contribution >= 0.6 is 0 Å². The Morgan fingerprint density at radius 2 is 1.09 bits per heavy atom. The van der Waals surface area contributed by atoms with Crippen molar-refractivity contribution >= 4 is 11.8 Å². The van der Waals surface area contributed by atoms with Crippen LogP contribution in [-0.2, 0) is 28.4 Å². The van der Waals surface area contributed by atoms with Gasteiger partial charge >= 0.3 is 5.97 Å². The van der Waals surface area contributed by atoms with E-state index in [1.54, 1.807) is 45.9 Å². The number of ether oxygens (including phenoxy) is 3. The lowest BCUT2D eigenvalue weighted by Crippen LogP contribution is -2.37. The zero-order valence-corrected chi connectivity index (χ0v) is 27.4. The van der Waals surface area contributed by atoms with Crippen LogP contribution in [0.1, 0.15) is 88.9 Å². The fourth-order valence-corrected chi connectivity index (χ4v) is 6.31. The summed E-state index contributed by atoms with van der Waals surface area (Å²) >= 11 is 0. The molecule has 246 valence electrons. The first-order chi connectivity index (χ1) is 22.8. The second kappa shape index (κ2) is 15.3. The maximum absolute atomic E-state index is 11.7. The van der Waals surface area contributed by atoms with Gasteiger partial charge in [0.05, 0.1) is 38.5 Å². The minimum atomic E-state index is -0.377. The highest BCUT2D eigenvalue weighted by molar-refractivity contribution is 5.96. The number of aromatic nitrogens is 4. The molecule has 2 heterocycles. The molecule has 0 radical (unpaired) electrons. The number of carbonyl (C=O) groups is 2. The van der Waals surface area contributed by atoms with E-state index in [0.717, 1.165) is 61.7 Å². The van der Waals surface area contributed by atoms with Crippen LogP contribution in [-0.4, -0.2) is 59.1 Å². The molecule has 47 heavy (non-hydrogen) atoms. The van der Waals surface area contributed by atoms with Gasteiger partial charge in [-0.05, 0) is 68.0 Å². The number of hydrogen-bond donors (Lipinski definition) is 1.